The van der Waals surface area contributed by atoms with Crippen LogP contribution in [0.3, 0.4) is 0 Å². The van der Waals surface area contributed by atoms with Crippen LogP contribution in [-0.2, 0) is 11.3 Å². The van der Waals surface area contributed by atoms with E-state index in [2.05, 4.69) is 35.1 Å². The van der Waals surface area contributed by atoms with Crippen LogP contribution in [0, 0.1) is 5.41 Å². The first kappa shape index (κ1) is 16.0. The summed E-state index contributed by atoms with van der Waals surface area (Å²) in [6.07, 6.45) is 1.05. The maximum atomic E-state index is 5.92. The van der Waals surface area contributed by atoms with E-state index in [1.54, 1.807) is 7.11 Å². The molecule has 0 atom stereocenters. The molecule has 0 aliphatic heterocycles. The Morgan fingerprint density at radius 2 is 2.11 bits per heavy atom. The Kier molecular flexibility index (Phi) is 6.64. The smallest absolute Gasteiger partial charge is 0.0467 e. The van der Waals surface area contributed by atoms with E-state index in [-0.39, 0.29) is 5.41 Å². The van der Waals surface area contributed by atoms with Gasteiger partial charge in [0, 0.05) is 36.3 Å². The van der Waals surface area contributed by atoms with Crippen molar-refractivity contribution in [1.29, 1.82) is 0 Å². The van der Waals surface area contributed by atoms with Crippen molar-refractivity contribution >= 4 is 27.5 Å². The third kappa shape index (κ3) is 5.70. The zero-order chi connectivity index (χ0) is 13.6. The monoisotopic (exact) mass is 333 g/mol. The maximum absolute atomic E-state index is 5.92. The molecule has 1 rings (SSSR count). The van der Waals surface area contributed by atoms with Crippen LogP contribution >= 0.6 is 27.5 Å². The van der Waals surface area contributed by atoms with Crippen LogP contribution in [0.25, 0.3) is 0 Å². The second-order valence-electron chi connectivity index (χ2n) is 5.25. The van der Waals surface area contributed by atoms with Gasteiger partial charge in [-0.05, 0) is 29.5 Å². The SMILES string of the molecule is COCCC(C)(C)CNCc1ccc(Cl)cc1Br. The third-order valence-corrected chi connectivity index (χ3v) is 3.89. The summed E-state index contributed by atoms with van der Waals surface area (Å²) in [5.41, 5.74) is 1.47. The number of methoxy groups -OCH3 is 1. The fourth-order valence-electron chi connectivity index (χ4n) is 1.67. The van der Waals surface area contributed by atoms with E-state index in [0.717, 1.165) is 35.6 Å². The lowest BCUT2D eigenvalue weighted by Crippen LogP contribution is -2.30. The average Bonchev–Trinajstić information content (AvgIpc) is 2.29. The van der Waals surface area contributed by atoms with Gasteiger partial charge in [-0.25, -0.2) is 0 Å². The standard InChI is InChI=1S/C14H21BrClNO/c1-14(2,6-7-18-3)10-17-9-11-4-5-12(16)8-13(11)15/h4-5,8,17H,6-7,9-10H2,1-3H3. The summed E-state index contributed by atoms with van der Waals surface area (Å²) in [4.78, 5) is 0. The Bertz CT molecular complexity index is 382. The van der Waals surface area contributed by atoms with Gasteiger partial charge in [-0.15, -0.1) is 0 Å². The number of rotatable bonds is 7. The third-order valence-electron chi connectivity index (χ3n) is 2.92. The van der Waals surface area contributed by atoms with Crippen LogP contribution in [0.1, 0.15) is 25.8 Å². The number of nitrogens with one attached hydrogen (secondary N) is 1. The summed E-state index contributed by atoms with van der Waals surface area (Å²) in [7, 11) is 1.74. The van der Waals surface area contributed by atoms with Crippen molar-refractivity contribution in [1.82, 2.24) is 5.32 Å². The number of ether oxygens (including phenoxy) is 1. The fraction of sp³-hybridized carbons (Fsp3) is 0.571. The molecule has 0 saturated carbocycles. The lowest BCUT2D eigenvalue weighted by Gasteiger charge is -2.24. The molecular formula is C14H21BrClNO. The van der Waals surface area contributed by atoms with Crippen LogP contribution in [0.4, 0.5) is 0 Å². The van der Waals surface area contributed by atoms with Crippen LogP contribution in [-0.4, -0.2) is 20.3 Å². The van der Waals surface area contributed by atoms with E-state index < -0.39 is 0 Å². The molecule has 0 saturated heterocycles. The zero-order valence-electron chi connectivity index (χ0n) is 11.2. The van der Waals surface area contributed by atoms with Gasteiger partial charge in [0.15, 0.2) is 0 Å². The van der Waals surface area contributed by atoms with E-state index in [9.17, 15) is 0 Å². The van der Waals surface area contributed by atoms with E-state index in [1.165, 1.54) is 5.56 Å². The van der Waals surface area contributed by atoms with Crippen molar-refractivity contribution in [2.45, 2.75) is 26.8 Å². The minimum Gasteiger partial charge on any atom is -0.385 e. The quantitative estimate of drug-likeness (QED) is 0.804. The summed E-state index contributed by atoms with van der Waals surface area (Å²) in [6, 6.07) is 5.88. The van der Waals surface area contributed by atoms with Crippen LogP contribution in [0.15, 0.2) is 22.7 Å². The van der Waals surface area contributed by atoms with Crippen molar-refractivity contribution in [3.05, 3.63) is 33.3 Å². The van der Waals surface area contributed by atoms with Crippen molar-refractivity contribution in [2.24, 2.45) is 5.41 Å². The highest BCUT2D eigenvalue weighted by molar-refractivity contribution is 9.10. The van der Waals surface area contributed by atoms with Crippen molar-refractivity contribution in [2.75, 3.05) is 20.3 Å². The molecule has 1 aromatic rings. The molecule has 1 N–H and O–H groups in total. The Labute approximate surface area is 123 Å². The predicted octanol–water partition coefficient (Wildman–Crippen LogP) is 4.25. The molecule has 1 aromatic carbocycles. The molecule has 0 fully saturated rings. The number of hydrogen-bond donors (Lipinski definition) is 1. The summed E-state index contributed by atoms with van der Waals surface area (Å²) in [5, 5.41) is 4.24. The summed E-state index contributed by atoms with van der Waals surface area (Å²) in [6.45, 7) is 7.10. The molecule has 102 valence electrons. The lowest BCUT2D eigenvalue weighted by molar-refractivity contribution is 0.150. The van der Waals surface area contributed by atoms with Gasteiger partial charge in [0.05, 0.1) is 0 Å². The van der Waals surface area contributed by atoms with Gasteiger partial charge < -0.3 is 10.1 Å². The van der Waals surface area contributed by atoms with Crippen molar-refractivity contribution in [3.8, 4) is 0 Å². The molecule has 0 aliphatic rings. The van der Waals surface area contributed by atoms with E-state index in [1.807, 2.05) is 18.2 Å². The largest absolute Gasteiger partial charge is 0.385 e. The molecule has 4 heteroatoms. The minimum absolute atomic E-state index is 0.245. The normalized spacial score (nSPS) is 11.8. The minimum atomic E-state index is 0.245. The highest BCUT2D eigenvalue weighted by Gasteiger charge is 2.16. The number of hydrogen-bond acceptors (Lipinski definition) is 2. The van der Waals surface area contributed by atoms with Crippen LogP contribution < -0.4 is 5.32 Å². The highest BCUT2D eigenvalue weighted by Crippen LogP contribution is 2.22. The molecule has 0 amide bonds. The molecule has 2 nitrogen and oxygen atoms in total. The zero-order valence-corrected chi connectivity index (χ0v) is 13.6. The van der Waals surface area contributed by atoms with E-state index in [4.69, 9.17) is 16.3 Å². The first-order valence-corrected chi connectivity index (χ1v) is 7.25. The Morgan fingerprint density at radius 1 is 1.39 bits per heavy atom. The molecule has 0 aromatic heterocycles. The lowest BCUT2D eigenvalue weighted by atomic mass is 9.89. The highest BCUT2D eigenvalue weighted by atomic mass is 79.9. The topological polar surface area (TPSA) is 21.3 Å². The molecule has 0 bridgehead atoms. The molecule has 18 heavy (non-hydrogen) atoms. The molecule has 0 heterocycles. The van der Waals surface area contributed by atoms with Gasteiger partial charge in [0.25, 0.3) is 0 Å². The van der Waals surface area contributed by atoms with Crippen LogP contribution in [0.5, 0.6) is 0 Å². The molecular weight excluding hydrogens is 314 g/mol. The van der Waals surface area contributed by atoms with Gasteiger partial charge in [-0.3, -0.25) is 0 Å². The first-order valence-electron chi connectivity index (χ1n) is 6.08. The van der Waals surface area contributed by atoms with Gasteiger partial charge in [0.2, 0.25) is 0 Å². The van der Waals surface area contributed by atoms with Gasteiger partial charge >= 0.3 is 0 Å². The molecule has 0 unspecified atom stereocenters. The van der Waals surface area contributed by atoms with Gasteiger partial charge in [-0.2, -0.15) is 0 Å². The Hall–Kier alpha value is -0.0900. The maximum Gasteiger partial charge on any atom is 0.0467 e. The molecule has 0 aliphatic carbocycles. The van der Waals surface area contributed by atoms with Gasteiger partial charge in [0.1, 0.15) is 0 Å². The second kappa shape index (κ2) is 7.49. The Morgan fingerprint density at radius 3 is 2.72 bits per heavy atom. The van der Waals surface area contributed by atoms with Crippen molar-refractivity contribution in [3.63, 3.8) is 0 Å². The molecule has 0 radical (unpaired) electrons. The number of halogens is 2. The average molecular weight is 335 g/mol. The van der Waals surface area contributed by atoms with Crippen molar-refractivity contribution < 1.29 is 4.74 Å². The van der Waals surface area contributed by atoms with Gasteiger partial charge in [-0.1, -0.05) is 47.4 Å². The second-order valence-corrected chi connectivity index (χ2v) is 6.54. The fourth-order valence-corrected chi connectivity index (χ4v) is 2.49. The summed E-state index contributed by atoms with van der Waals surface area (Å²) >= 11 is 9.44. The first-order chi connectivity index (χ1) is 8.44. The van der Waals surface area contributed by atoms with E-state index in [0.29, 0.717) is 0 Å². The summed E-state index contributed by atoms with van der Waals surface area (Å²) < 4.78 is 6.18. The molecule has 0 spiro atoms. The summed E-state index contributed by atoms with van der Waals surface area (Å²) in [5.74, 6) is 0. The number of benzene rings is 1. The van der Waals surface area contributed by atoms with Crippen LogP contribution in [0.2, 0.25) is 5.02 Å². The van der Waals surface area contributed by atoms with E-state index >= 15 is 0 Å². The Balaban J connectivity index is 2.41. The predicted molar refractivity (Wildman–Crippen MR) is 81.1 cm³/mol.